The number of methoxy groups -OCH3 is 4. The van der Waals surface area contributed by atoms with Crippen molar-refractivity contribution in [1.82, 2.24) is 0 Å². The van der Waals surface area contributed by atoms with Gasteiger partial charge in [0.25, 0.3) is 0 Å². The Labute approximate surface area is 251 Å². The highest BCUT2D eigenvalue weighted by atomic mass is 28.2. The minimum absolute atomic E-state index is 0.433. The Kier molecular flexibility index (Phi) is 7.94. The van der Waals surface area contributed by atoms with Crippen molar-refractivity contribution in [1.29, 1.82) is 0 Å². The molecule has 0 bridgehead atoms. The quantitative estimate of drug-likeness (QED) is 0.178. The van der Waals surface area contributed by atoms with Crippen LogP contribution in [0.25, 0.3) is 34.4 Å². The van der Waals surface area contributed by atoms with E-state index < -0.39 is 0 Å². The molecule has 212 valence electrons. The minimum atomic E-state index is 0.433. The van der Waals surface area contributed by atoms with Gasteiger partial charge >= 0.3 is 0 Å². The summed E-state index contributed by atoms with van der Waals surface area (Å²) in [7, 11) is 7.44. The van der Waals surface area contributed by atoms with Gasteiger partial charge in [-0.25, -0.2) is 0 Å². The first kappa shape index (κ1) is 27.9. The predicted molar refractivity (Wildman–Crippen MR) is 173 cm³/mol. The van der Waals surface area contributed by atoms with Gasteiger partial charge in [-0.2, -0.15) is 0 Å². The van der Waals surface area contributed by atoms with E-state index in [9.17, 15) is 0 Å². The van der Waals surface area contributed by atoms with Crippen LogP contribution in [0.4, 0.5) is 0 Å². The summed E-state index contributed by atoms with van der Waals surface area (Å²) >= 11 is 0. The second kappa shape index (κ2) is 11.9. The third-order valence-corrected chi connectivity index (χ3v) is 9.72. The highest BCUT2D eigenvalue weighted by molar-refractivity contribution is 6.57. The lowest BCUT2D eigenvalue weighted by Crippen LogP contribution is -2.08. The van der Waals surface area contributed by atoms with E-state index in [1.165, 1.54) is 43.8 Å². The fourth-order valence-electron chi connectivity index (χ4n) is 6.26. The van der Waals surface area contributed by atoms with Gasteiger partial charge in [0, 0.05) is 18.1 Å². The average Bonchev–Trinajstić information content (AvgIpc) is 3.61. The smallest absolute Gasteiger partial charge is 0.123 e. The fraction of sp³-hybridized carbons (Fsp3) is 0.243. The largest absolute Gasteiger partial charge is 0.497 e. The molecule has 0 saturated heterocycles. The van der Waals surface area contributed by atoms with Crippen molar-refractivity contribution in [2.24, 2.45) is 0 Å². The monoisotopic (exact) mass is 572 g/mol. The molecule has 1 unspecified atom stereocenters. The van der Waals surface area contributed by atoms with Crippen molar-refractivity contribution in [3.05, 3.63) is 105 Å². The molecule has 2 aliphatic carbocycles. The first-order valence-electron chi connectivity index (χ1n) is 14.5. The van der Waals surface area contributed by atoms with E-state index in [2.05, 4.69) is 79.7 Å². The van der Waals surface area contributed by atoms with Crippen LogP contribution in [-0.4, -0.2) is 38.0 Å². The van der Waals surface area contributed by atoms with Gasteiger partial charge in [-0.15, -0.1) is 0 Å². The SMILES string of the molecule is CCCC1C([Si]C2=Cc3c(cccc3-c3cc(OC)cc(OC)c3)C2)=Cc2c(-c3cc(OC)cc(OC)c3)cccc21. The number of ether oxygens (including phenoxy) is 4. The Morgan fingerprint density at radius 3 is 1.76 bits per heavy atom. The predicted octanol–water partition coefficient (Wildman–Crippen LogP) is 8.59. The van der Waals surface area contributed by atoms with Gasteiger partial charge in [0.05, 0.1) is 28.4 Å². The van der Waals surface area contributed by atoms with E-state index in [4.69, 9.17) is 18.9 Å². The van der Waals surface area contributed by atoms with Crippen LogP contribution in [0.1, 0.15) is 47.9 Å². The lowest BCUT2D eigenvalue weighted by atomic mass is 9.91. The van der Waals surface area contributed by atoms with Crippen molar-refractivity contribution in [3.8, 4) is 45.3 Å². The first-order valence-corrected chi connectivity index (χ1v) is 15.5. The lowest BCUT2D eigenvalue weighted by Gasteiger charge is -2.17. The molecule has 4 aromatic rings. The maximum absolute atomic E-state index is 5.59. The zero-order chi connectivity index (χ0) is 29.2. The highest BCUT2D eigenvalue weighted by Crippen LogP contribution is 2.45. The normalized spacial score (nSPS) is 15.0. The molecule has 2 radical (unpaired) electrons. The number of benzene rings is 4. The van der Waals surface area contributed by atoms with Crippen LogP contribution in [-0.2, 0) is 6.42 Å². The number of rotatable bonds is 10. The van der Waals surface area contributed by atoms with Gasteiger partial charge in [0.15, 0.2) is 0 Å². The summed E-state index contributed by atoms with van der Waals surface area (Å²) in [4.78, 5) is 0. The maximum atomic E-state index is 5.59. The molecule has 0 fully saturated rings. The molecular formula is C37H36O4Si. The average molecular weight is 573 g/mol. The Bertz CT molecular complexity index is 1660. The van der Waals surface area contributed by atoms with Crippen LogP contribution >= 0.6 is 0 Å². The molecule has 4 aromatic carbocycles. The highest BCUT2D eigenvalue weighted by Gasteiger charge is 2.29. The third kappa shape index (κ3) is 5.25. The summed E-state index contributed by atoms with van der Waals surface area (Å²) in [5, 5.41) is 3.01. The molecule has 1 atom stereocenters. The molecule has 0 aromatic heterocycles. The van der Waals surface area contributed by atoms with E-state index in [-0.39, 0.29) is 0 Å². The van der Waals surface area contributed by atoms with E-state index in [1.807, 2.05) is 12.1 Å². The van der Waals surface area contributed by atoms with Gasteiger partial charge in [-0.3, -0.25) is 0 Å². The summed E-state index contributed by atoms with van der Waals surface area (Å²) in [6, 6.07) is 25.6. The number of allylic oxidation sites excluding steroid dienone is 2. The zero-order valence-corrected chi connectivity index (χ0v) is 25.9. The maximum Gasteiger partial charge on any atom is 0.123 e. The zero-order valence-electron chi connectivity index (χ0n) is 24.9. The third-order valence-electron chi connectivity index (χ3n) is 8.29. The molecular weight excluding hydrogens is 536 g/mol. The van der Waals surface area contributed by atoms with Gasteiger partial charge in [0.1, 0.15) is 32.5 Å². The van der Waals surface area contributed by atoms with E-state index >= 15 is 0 Å². The molecule has 0 heterocycles. The molecule has 6 rings (SSSR count). The van der Waals surface area contributed by atoms with Crippen LogP contribution in [0, 0.1) is 0 Å². The second-order valence-corrected chi connectivity index (χ2v) is 12.3. The number of hydrogen-bond acceptors (Lipinski definition) is 4. The molecule has 0 saturated carbocycles. The number of hydrogen-bond donors (Lipinski definition) is 0. The van der Waals surface area contributed by atoms with Crippen LogP contribution in [0.3, 0.4) is 0 Å². The summed E-state index contributed by atoms with van der Waals surface area (Å²) in [5.41, 5.74) is 10.1. The van der Waals surface area contributed by atoms with Crippen molar-refractivity contribution >= 4 is 21.7 Å². The molecule has 0 N–H and O–H groups in total. The van der Waals surface area contributed by atoms with Gasteiger partial charge in [-0.1, -0.05) is 72.3 Å². The lowest BCUT2D eigenvalue weighted by molar-refractivity contribution is 0.394. The Hall–Kier alpha value is -4.22. The Balaban J connectivity index is 1.36. The molecule has 2 aliphatic rings. The van der Waals surface area contributed by atoms with Crippen LogP contribution in [0.5, 0.6) is 23.0 Å². The van der Waals surface area contributed by atoms with Crippen LogP contribution in [0.2, 0.25) is 0 Å². The van der Waals surface area contributed by atoms with Gasteiger partial charge in [-0.05, 0) is 81.6 Å². The van der Waals surface area contributed by atoms with Crippen molar-refractivity contribution in [3.63, 3.8) is 0 Å². The van der Waals surface area contributed by atoms with Crippen molar-refractivity contribution in [2.75, 3.05) is 28.4 Å². The van der Waals surface area contributed by atoms with Crippen LogP contribution < -0.4 is 18.9 Å². The molecule has 42 heavy (non-hydrogen) atoms. The summed E-state index contributed by atoms with van der Waals surface area (Å²) in [6.07, 6.45) is 8.16. The van der Waals surface area contributed by atoms with Gasteiger partial charge < -0.3 is 18.9 Å². The second-order valence-electron chi connectivity index (χ2n) is 10.8. The van der Waals surface area contributed by atoms with E-state index in [0.717, 1.165) is 53.4 Å². The molecule has 0 amide bonds. The molecule has 5 heteroatoms. The van der Waals surface area contributed by atoms with Crippen molar-refractivity contribution in [2.45, 2.75) is 32.1 Å². The van der Waals surface area contributed by atoms with E-state index in [0.29, 0.717) is 15.4 Å². The minimum Gasteiger partial charge on any atom is -0.497 e. The summed E-state index contributed by atoms with van der Waals surface area (Å²) in [6.45, 7) is 2.29. The Morgan fingerprint density at radius 2 is 1.21 bits per heavy atom. The van der Waals surface area contributed by atoms with Crippen molar-refractivity contribution < 1.29 is 18.9 Å². The molecule has 4 nitrogen and oxygen atoms in total. The van der Waals surface area contributed by atoms with Crippen LogP contribution in [0.15, 0.2) is 83.2 Å². The number of fused-ring (bicyclic) bond motifs is 2. The Morgan fingerprint density at radius 1 is 0.667 bits per heavy atom. The first-order chi connectivity index (χ1) is 20.5. The molecule has 0 spiro atoms. The summed E-state index contributed by atoms with van der Waals surface area (Å²) < 4.78 is 22.3. The standard InChI is InChI=1S/C37H36O4Si/c1-6-9-34-33-13-8-12-32(25-16-28(40-4)20-29(17-25)41-5)36(33)22-37(34)42-30-18-23-10-7-11-31(35(23)21-30)24-14-26(38-2)19-27(15-24)39-3/h7-8,10-17,19-22,34H,6,9,18H2,1-5H3. The topological polar surface area (TPSA) is 36.9 Å². The van der Waals surface area contributed by atoms with E-state index in [1.54, 1.807) is 28.4 Å². The summed E-state index contributed by atoms with van der Waals surface area (Å²) in [5.74, 6) is 3.63. The fourth-order valence-corrected chi connectivity index (χ4v) is 7.81. The van der Waals surface area contributed by atoms with Gasteiger partial charge in [0.2, 0.25) is 0 Å². The molecule has 0 aliphatic heterocycles.